The first-order chi connectivity index (χ1) is 9.70. The van der Waals surface area contributed by atoms with Crippen molar-refractivity contribution in [3.63, 3.8) is 0 Å². The van der Waals surface area contributed by atoms with Crippen LogP contribution in [0.2, 0.25) is 0 Å². The van der Waals surface area contributed by atoms with Gasteiger partial charge in [-0.15, -0.1) is 23.1 Å². The van der Waals surface area contributed by atoms with Gasteiger partial charge >= 0.3 is 0 Å². The number of halogens is 1. The Morgan fingerprint density at radius 2 is 2.15 bits per heavy atom. The average molecular weight is 367 g/mol. The van der Waals surface area contributed by atoms with Crippen molar-refractivity contribution >= 4 is 49.8 Å². The second-order valence-electron chi connectivity index (χ2n) is 4.28. The molecular formula is C14H11BrN2OS2. The smallest absolute Gasteiger partial charge is 0.193 e. The summed E-state index contributed by atoms with van der Waals surface area (Å²) in [6.45, 7) is 0. The van der Waals surface area contributed by atoms with Crippen molar-refractivity contribution in [2.45, 2.75) is 11.3 Å². The standard InChI is InChI=1S/C14H11BrN2OS2/c15-10-1-3-13(4-2-10)20-9-12(18)7-11-8-17-5-6-19-14(17)16-11/h1-6,8H,7,9H2. The maximum Gasteiger partial charge on any atom is 0.193 e. The predicted molar refractivity (Wildman–Crippen MR) is 86.6 cm³/mol. The van der Waals surface area contributed by atoms with Crippen LogP contribution in [0.3, 0.4) is 0 Å². The van der Waals surface area contributed by atoms with E-state index in [-0.39, 0.29) is 5.78 Å². The first kappa shape index (κ1) is 13.9. The maximum absolute atomic E-state index is 12.0. The molecule has 0 amide bonds. The largest absolute Gasteiger partial charge is 0.298 e. The number of thiazole rings is 1. The van der Waals surface area contributed by atoms with Crippen molar-refractivity contribution < 1.29 is 4.79 Å². The number of imidazole rings is 1. The van der Waals surface area contributed by atoms with E-state index < -0.39 is 0 Å². The molecule has 2 heterocycles. The second-order valence-corrected chi connectivity index (χ2v) is 7.12. The Kier molecular flexibility index (Phi) is 4.24. The number of hydrogen-bond donors (Lipinski definition) is 0. The molecule has 0 aliphatic rings. The van der Waals surface area contributed by atoms with Crippen molar-refractivity contribution in [3.05, 3.63) is 52.2 Å². The topological polar surface area (TPSA) is 34.4 Å². The summed E-state index contributed by atoms with van der Waals surface area (Å²) in [4.78, 5) is 18.4. The van der Waals surface area contributed by atoms with Crippen LogP contribution in [0.25, 0.3) is 4.96 Å². The second kappa shape index (κ2) is 6.11. The fourth-order valence-corrected chi connectivity index (χ4v) is 3.55. The zero-order chi connectivity index (χ0) is 13.9. The van der Waals surface area contributed by atoms with Gasteiger partial charge < -0.3 is 0 Å². The molecule has 102 valence electrons. The third-order valence-corrected chi connectivity index (χ3v) is 5.11. The molecule has 0 aliphatic carbocycles. The quantitative estimate of drug-likeness (QED) is 0.638. The minimum Gasteiger partial charge on any atom is -0.298 e. The lowest BCUT2D eigenvalue weighted by molar-refractivity contribution is -0.116. The molecule has 0 unspecified atom stereocenters. The first-order valence-electron chi connectivity index (χ1n) is 6.02. The SMILES string of the molecule is O=C(CSc1ccc(Br)cc1)Cc1cn2ccsc2n1. The molecule has 0 radical (unpaired) electrons. The zero-order valence-corrected chi connectivity index (χ0v) is 13.7. The molecule has 0 N–H and O–H groups in total. The van der Waals surface area contributed by atoms with Gasteiger partial charge in [-0.2, -0.15) is 0 Å². The molecule has 20 heavy (non-hydrogen) atoms. The Balaban J connectivity index is 1.57. The number of rotatable bonds is 5. The highest BCUT2D eigenvalue weighted by Crippen LogP contribution is 2.21. The number of aromatic nitrogens is 2. The van der Waals surface area contributed by atoms with Gasteiger partial charge in [-0.1, -0.05) is 15.9 Å². The van der Waals surface area contributed by atoms with Crippen molar-refractivity contribution in [3.8, 4) is 0 Å². The summed E-state index contributed by atoms with van der Waals surface area (Å²) in [5.74, 6) is 0.677. The zero-order valence-electron chi connectivity index (χ0n) is 10.5. The third-order valence-electron chi connectivity index (χ3n) is 2.73. The van der Waals surface area contributed by atoms with Gasteiger partial charge in [0.1, 0.15) is 5.78 Å². The fourth-order valence-electron chi connectivity index (χ4n) is 1.81. The first-order valence-corrected chi connectivity index (χ1v) is 8.68. The normalized spacial score (nSPS) is 11.1. The Morgan fingerprint density at radius 1 is 1.35 bits per heavy atom. The van der Waals surface area contributed by atoms with Crippen molar-refractivity contribution in [1.82, 2.24) is 9.38 Å². The molecule has 3 nitrogen and oxygen atoms in total. The van der Waals surface area contributed by atoms with Crippen molar-refractivity contribution in [2.24, 2.45) is 0 Å². The summed E-state index contributed by atoms with van der Waals surface area (Å²) in [7, 11) is 0. The van der Waals surface area contributed by atoms with E-state index in [0.29, 0.717) is 12.2 Å². The molecule has 0 saturated heterocycles. The molecule has 0 bridgehead atoms. The molecular weight excluding hydrogens is 356 g/mol. The van der Waals surface area contributed by atoms with E-state index in [4.69, 9.17) is 0 Å². The summed E-state index contributed by atoms with van der Waals surface area (Å²) >= 11 is 6.54. The molecule has 3 aromatic rings. The minimum absolute atomic E-state index is 0.198. The maximum atomic E-state index is 12.0. The van der Waals surface area contributed by atoms with Crippen LogP contribution in [0.15, 0.2) is 51.4 Å². The van der Waals surface area contributed by atoms with Gasteiger partial charge in [0.15, 0.2) is 4.96 Å². The number of thioether (sulfide) groups is 1. The molecule has 0 saturated carbocycles. The average Bonchev–Trinajstić information content (AvgIpc) is 2.99. The van der Waals surface area contributed by atoms with E-state index in [9.17, 15) is 4.79 Å². The molecule has 0 spiro atoms. The monoisotopic (exact) mass is 366 g/mol. The predicted octanol–water partition coefficient (Wildman–Crippen LogP) is 4.06. The van der Waals surface area contributed by atoms with E-state index in [1.54, 1.807) is 23.1 Å². The summed E-state index contributed by atoms with van der Waals surface area (Å²) < 4.78 is 3.00. The van der Waals surface area contributed by atoms with E-state index in [1.165, 1.54) is 0 Å². The van der Waals surface area contributed by atoms with Gasteiger partial charge in [-0.05, 0) is 24.3 Å². The van der Waals surface area contributed by atoms with Gasteiger partial charge in [0.05, 0.1) is 17.9 Å². The highest BCUT2D eigenvalue weighted by Gasteiger charge is 2.09. The van der Waals surface area contributed by atoms with Crippen LogP contribution in [-0.2, 0) is 11.2 Å². The third kappa shape index (κ3) is 3.31. The van der Waals surface area contributed by atoms with Crippen LogP contribution in [0.1, 0.15) is 5.69 Å². The number of carbonyl (C=O) groups excluding carboxylic acids is 1. The number of fused-ring (bicyclic) bond motifs is 1. The summed E-state index contributed by atoms with van der Waals surface area (Å²) in [6, 6.07) is 7.98. The van der Waals surface area contributed by atoms with E-state index >= 15 is 0 Å². The van der Waals surface area contributed by atoms with E-state index in [0.717, 1.165) is 20.0 Å². The summed E-state index contributed by atoms with van der Waals surface area (Å²) in [5, 5.41) is 1.98. The lowest BCUT2D eigenvalue weighted by Crippen LogP contribution is -2.05. The number of hydrogen-bond acceptors (Lipinski definition) is 4. The summed E-state index contributed by atoms with van der Waals surface area (Å²) in [5.41, 5.74) is 0.846. The van der Waals surface area contributed by atoms with Gasteiger partial charge in [0, 0.05) is 27.1 Å². The van der Waals surface area contributed by atoms with Crippen LogP contribution in [0.4, 0.5) is 0 Å². The highest BCUT2D eigenvalue weighted by atomic mass is 79.9. The van der Waals surface area contributed by atoms with Crippen molar-refractivity contribution in [1.29, 1.82) is 0 Å². The van der Waals surface area contributed by atoms with Crippen LogP contribution in [0, 0.1) is 0 Å². The van der Waals surface area contributed by atoms with Crippen LogP contribution in [-0.4, -0.2) is 20.9 Å². The van der Waals surface area contributed by atoms with E-state index in [2.05, 4.69) is 20.9 Å². The molecule has 0 atom stereocenters. The molecule has 1 aromatic carbocycles. The molecule has 0 aliphatic heterocycles. The molecule has 6 heteroatoms. The Labute approximate surface area is 133 Å². The molecule has 3 rings (SSSR count). The minimum atomic E-state index is 0.198. The highest BCUT2D eigenvalue weighted by molar-refractivity contribution is 9.10. The van der Waals surface area contributed by atoms with E-state index in [1.807, 2.05) is 46.4 Å². The van der Waals surface area contributed by atoms with Gasteiger partial charge in [0.25, 0.3) is 0 Å². The lowest BCUT2D eigenvalue weighted by Gasteiger charge is -2.00. The van der Waals surface area contributed by atoms with Crippen LogP contribution >= 0.6 is 39.0 Å². The number of ketones is 1. The van der Waals surface area contributed by atoms with Crippen molar-refractivity contribution in [2.75, 3.05) is 5.75 Å². The number of nitrogens with zero attached hydrogens (tertiary/aromatic N) is 2. The summed E-state index contributed by atoms with van der Waals surface area (Å²) in [6.07, 6.45) is 4.28. The fraction of sp³-hybridized carbons (Fsp3) is 0.143. The number of carbonyl (C=O) groups is 1. The van der Waals surface area contributed by atoms with Crippen LogP contribution < -0.4 is 0 Å². The number of Topliss-reactive ketones (excluding diaryl/α,β-unsaturated/α-hetero) is 1. The Morgan fingerprint density at radius 3 is 2.90 bits per heavy atom. The molecule has 0 fully saturated rings. The van der Waals surface area contributed by atoms with Crippen LogP contribution in [0.5, 0.6) is 0 Å². The number of benzene rings is 1. The van der Waals surface area contributed by atoms with Gasteiger partial charge in [-0.3, -0.25) is 9.20 Å². The van der Waals surface area contributed by atoms with Gasteiger partial charge in [-0.25, -0.2) is 4.98 Å². The van der Waals surface area contributed by atoms with Gasteiger partial charge in [0.2, 0.25) is 0 Å². The Hall–Kier alpha value is -1.11. The molecule has 2 aromatic heterocycles. The Bertz CT molecular complexity index is 705. The lowest BCUT2D eigenvalue weighted by atomic mass is 10.2.